The van der Waals surface area contributed by atoms with E-state index in [9.17, 15) is 0 Å². The van der Waals surface area contributed by atoms with Gasteiger partial charge < -0.3 is 0 Å². The monoisotopic (exact) mass is 193 g/mol. The van der Waals surface area contributed by atoms with E-state index in [-0.39, 0.29) is 0 Å². The van der Waals surface area contributed by atoms with Crippen LogP contribution in [-0.4, -0.2) is 24.0 Å². The number of nitrogens with zero attached hydrogens (tertiary/aromatic N) is 1. The topological polar surface area (TPSA) is 3.24 Å². The molecule has 0 radical (unpaired) electrons. The molecule has 1 aliphatic carbocycles. The maximum Gasteiger partial charge on any atom is 0.0157 e. The second-order valence-electron chi connectivity index (χ2n) is 5.86. The van der Waals surface area contributed by atoms with Gasteiger partial charge in [-0.2, -0.15) is 0 Å². The van der Waals surface area contributed by atoms with E-state index < -0.39 is 0 Å². The summed E-state index contributed by atoms with van der Waals surface area (Å²) in [5, 5.41) is 0. The summed E-state index contributed by atoms with van der Waals surface area (Å²) >= 11 is 0. The lowest BCUT2D eigenvalue weighted by atomic mass is 9.82. The van der Waals surface area contributed by atoms with Gasteiger partial charge in [-0.05, 0) is 62.4 Å². The molecule has 3 rings (SSSR count). The molecule has 2 aliphatic heterocycles. The smallest absolute Gasteiger partial charge is 0.0157 e. The Balaban J connectivity index is 1.90. The molecule has 1 heteroatoms. The summed E-state index contributed by atoms with van der Waals surface area (Å²) in [6.07, 6.45) is 5.96. The standard InChI is InChI=1S/C13H23N/c1-9-10(2)12-6-4-8-14-7-3-5-11(9)13(12)14/h9-13H,3-8H2,1-2H3/t9?,10?,11-,12?,13?/m0/s1. The fourth-order valence-corrected chi connectivity index (χ4v) is 4.60. The van der Waals surface area contributed by atoms with E-state index in [1.807, 2.05) is 0 Å². The molecule has 4 unspecified atom stereocenters. The third kappa shape index (κ3) is 1.11. The van der Waals surface area contributed by atoms with Crippen LogP contribution in [0.15, 0.2) is 0 Å². The van der Waals surface area contributed by atoms with Crippen LogP contribution in [0.2, 0.25) is 0 Å². The van der Waals surface area contributed by atoms with E-state index in [4.69, 9.17) is 0 Å². The Morgan fingerprint density at radius 3 is 1.86 bits per heavy atom. The number of hydrogen-bond donors (Lipinski definition) is 0. The molecule has 0 aromatic rings. The number of hydrogen-bond acceptors (Lipinski definition) is 1. The van der Waals surface area contributed by atoms with E-state index in [0.29, 0.717) is 0 Å². The predicted molar refractivity (Wildman–Crippen MR) is 59.1 cm³/mol. The molecule has 0 bridgehead atoms. The second-order valence-corrected chi connectivity index (χ2v) is 5.86. The molecular formula is C13H23N. The lowest BCUT2D eigenvalue weighted by Gasteiger charge is -2.44. The SMILES string of the molecule is CC1C2CCCN3CCC[C@@H](C1C)C23. The molecule has 14 heavy (non-hydrogen) atoms. The highest BCUT2D eigenvalue weighted by atomic mass is 15.2. The molecule has 0 amide bonds. The Hall–Kier alpha value is -0.0400. The van der Waals surface area contributed by atoms with E-state index in [1.165, 1.54) is 38.8 Å². The van der Waals surface area contributed by atoms with Crippen LogP contribution in [-0.2, 0) is 0 Å². The zero-order valence-corrected chi connectivity index (χ0v) is 9.58. The summed E-state index contributed by atoms with van der Waals surface area (Å²) in [5.74, 6) is 4.07. The Kier molecular flexibility index (Phi) is 2.12. The van der Waals surface area contributed by atoms with Crippen LogP contribution in [0.5, 0.6) is 0 Å². The van der Waals surface area contributed by atoms with Gasteiger partial charge in [-0.25, -0.2) is 0 Å². The van der Waals surface area contributed by atoms with Crippen LogP contribution in [0.4, 0.5) is 0 Å². The lowest BCUT2D eigenvalue weighted by Crippen LogP contribution is -2.49. The van der Waals surface area contributed by atoms with Crippen LogP contribution in [0.1, 0.15) is 39.5 Å². The first kappa shape index (κ1) is 9.21. The normalized spacial score (nSPS) is 53.1. The first-order valence-electron chi connectivity index (χ1n) is 6.53. The van der Waals surface area contributed by atoms with Gasteiger partial charge in [-0.3, -0.25) is 4.90 Å². The average Bonchev–Trinajstić information content (AvgIpc) is 2.47. The summed E-state index contributed by atoms with van der Waals surface area (Å²) in [5.41, 5.74) is 0. The van der Waals surface area contributed by atoms with Gasteiger partial charge >= 0.3 is 0 Å². The summed E-state index contributed by atoms with van der Waals surface area (Å²) in [6, 6.07) is 0.988. The molecule has 0 spiro atoms. The van der Waals surface area contributed by atoms with Gasteiger partial charge in [-0.15, -0.1) is 0 Å². The molecule has 2 heterocycles. The fourth-order valence-electron chi connectivity index (χ4n) is 4.60. The van der Waals surface area contributed by atoms with Gasteiger partial charge in [0.15, 0.2) is 0 Å². The highest BCUT2D eigenvalue weighted by Crippen LogP contribution is 2.51. The van der Waals surface area contributed by atoms with Crippen molar-refractivity contribution in [1.29, 1.82) is 0 Å². The summed E-state index contributed by atoms with van der Waals surface area (Å²) in [4.78, 5) is 2.82. The molecule has 0 N–H and O–H groups in total. The van der Waals surface area contributed by atoms with Crippen molar-refractivity contribution < 1.29 is 0 Å². The molecule has 0 aromatic heterocycles. The average molecular weight is 193 g/mol. The van der Waals surface area contributed by atoms with Crippen LogP contribution >= 0.6 is 0 Å². The van der Waals surface area contributed by atoms with Crippen molar-refractivity contribution in [3.05, 3.63) is 0 Å². The van der Waals surface area contributed by atoms with E-state index in [1.54, 1.807) is 0 Å². The number of piperidine rings is 2. The quantitative estimate of drug-likeness (QED) is 0.572. The van der Waals surface area contributed by atoms with Gasteiger partial charge in [0.1, 0.15) is 0 Å². The van der Waals surface area contributed by atoms with E-state index in [0.717, 1.165) is 29.7 Å². The van der Waals surface area contributed by atoms with Gasteiger partial charge in [0.2, 0.25) is 0 Å². The molecule has 1 nitrogen and oxygen atoms in total. The molecule has 5 atom stereocenters. The summed E-state index contributed by atoms with van der Waals surface area (Å²) < 4.78 is 0. The highest BCUT2D eigenvalue weighted by molar-refractivity contribution is 5.02. The van der Waals surface area contributed by atoms with Crippen molar-refractivity contribution in [3.63, 3.8) is 0 Å². The van der Waals surface area contributed by atoms with Gasteiger partial charge in [0, 0.05) is 6.04 Å². The fraction of sp³-hybridized carbons (Fsp3) is 1.00. The Morgan fingerprint density at radius 1 is 0.857 bits per heavy atom. The summed E-state index contributed by atoms with van der Waals surface area (Å²) in [6.45, 7) is 7.82. The Labute approximate surface area is 87.9 Å². The minimum atomic E-state index is 0.988. The minimum absolute atomic E-state index is 0.988. The van der Waals surface area contributed by atoms with Crippen molar-refractivity contribution in [3.8, 4) is 0 Å². The molecule has 80 valence electrons. The van der Waals surface area contributed by atoms with Gasteiger partial charge in [0.05, 0.1) is 0 Å². The zero-order valence-electron chi connectivity index (χ0n) is 9.58. The lowest BCUT2D eigenvalue weighted by molar-refractivity contribution is 0.0434. The first-order chi connectivity index (χ1) is 6.79. The van der Waals surface area contributed by atoms with Crippen molar-refractivity contribution in [2.45, 2.75) is 45.6 Å². The Bertz CT molecular complexity index is 203. The molecule has 3 fully saturated rings. The minimum Gasteiger partial charge on any atom is -0.300 e. The molecule has 0 aromatic carbocycles. The largest absolute Gasteiger partial charge is 0.300 e. The van der Waals surface area contributed by atoms with Crippen LogP contribution < -0.4 is 0 Å². The zero-order chi connectivity index (χ0) is 9.71. The first-order valence-corrected chi connectivity index (χ1v) is 6.53. The number of rotatable bonds is 0. The van der Waals surface area contributed by atoms with Crippen molar-refractivity contribution in [1.82, 2.24) is 4.90 Å². The predicted octanol–water partition coefficient (Wildman–Crippen LogP) is 2.76. The van der Waals surface area contributed by atoms with Gasteiger partial charge in [-0.1, -0.05) is 13.8 Å². The van der Waals surface area contributed by atoms with E-state index >= 15 is 0 Å². The van der Waals surface area contributed by atoms with Crippen molar-refractivity contribution in [2.75, 3.05) is 13.1 Å². The Morgan fingerprint density at radius 2 is 1.36 bits per heavy atom. The van der Waals surface area contributed by atoms with Crippen LogP contribution in [0.25, 0.3) is 0 Å². The van der Waals surface area contributed by atoms with Crippen LogP contribution in [0, 0.1) is 23.7 Å². The molecule has 1 saturated carbocycles. The van der Waals surface area contributed by atoms with Gasteiger partial charge in [0.25, 0.3) is 0 Å². The van der Waals surface area contributed by atoms with Crippen molar-refractivity contribution in [2.24, 2.45) is 23.7 Å². The molecule has 2 saturated heterocycles. The van der Waals surface area contributed by atoms with Crippen molar-refractivity contribution >= 4 is 0 Å². The van der Waals surface area contributed by atoms with Crippen LogP contribution in [0.3, 0.4) is 0 Å². The summed E-state index contributed by atoms with van der Waals surface area (Å²) in [7, 11) is 0. The maximum atomic E-state index is 2.82. The molecular weight excluding hydrogens is 170 g/mol. The second kappa shape index (κ2) is 3.23. The van der Waals surface area contributed by atoms with E-state index in [2.05, 4.69) is 18.7 Å². The maximum absolute atomic E-state index is 2.82. The molecule has 3 aliphatic rings. The highest BCUT2D eigenvalue weighted by Gasteiger charge is 2.50. The third-order valence-corrected chi connectivity index (χ3v) is 5.44. The third-order valence-electron chi connectivity index (χ3n) is 5.44.